The van der Waals surface area contributed by atoms with Crippen LogP contribution in [-0.4, -0.2) is 19.3 Å². The highest BCUT2D eigenvalue weighted by Gasteiger charge is 2.19. The third-order valence-electron chi connectivity index (χ3n) is 2.99. The molecule has 0 aliphatic heterocycles. The first-order chi connectivity index (χ1) is 9.97. The molecule has 1 aromatic heterocycles. The molecule has 8 heteroatoms. The highest BCUT2D eigenvalue weighted by Crippen LogP contribution is 2.20. The highest BCUT2D eigenvalue weighted by molar-refractivity contribution is 7.92. The third-order valence-corrected chi connectivity index (χ3v) is 4.33. The Kier molecular flexibility index (Phi) is 4.29. The zero-order chi connectivity index (χ0) is 15.5. The van der Waals surface area contributed by atoms with Crippen molar-refractivity contribution < 1.29 is 13.2 Å². The van der Waals surface area contributed by atoms with Crippen molar-refractivity contribution in [1.29, 1.82) is 0 Å². The maximum Gasteiger partial charge on any atom is 0.281 e. The second-order valence-electron chi connectivity index (χ2n) is 4.34. The van der Waals surface area contributed by atoms with Gasteiger partial charge < -0.3 is 4.98 Å². The molecule has 0 spiro atoms. The number of para-hydroxylation sites is 1. The number of sulfonamides is 1. The first-order valence-corrected chi connectivity index (χ1v) is 7.76. The lowest BCUT2D eigenvalue weighted by molar-refractivity contribution is 0.0949. The maximum atomic E-state index is 12.3. The second-order valence-corrected chi connectivity index (χ2v) is 6.02. The van der Waals surface area contributed by atoms with Gasteiger partial charge in [0.2, 0.25) is 0 Å². The molecule has 1 heterocycles. The Morgan fingerprint density at radius 3 is 2.71 bits per heavy atom. The first-order valence-electron chi connectivity index (χ1n) is 6.28. The lowest BCUT2D eigenvalue weighted by Gasteiger charge is -2.10. The minimum absolute atomic E-state index is 0.0352. The van der Waals surface area contributed by atoms with Crippen LogP contribution in [-0.2, 0) is 16.4 Å². The van der Waals surface area contributed by atoms with Gasteiger partial charge in [0.1, 0.15) is 10.6 Å². The molecule has 21 heavy (non-hydrogen) atoms. The fourth-order valence-corrected chi connectivity index (χ4v) is 2.96. The van der Waals surface area contributed by atoms with Gasteiger partial charge in [-0.3, -0.25) is 14.9 Å². The number of hydrazine groups is 1. The normalized spacial score (nSPS) is 11.1. The average molecular weight is 308 g/mol. The predicted octanol–water partition coefficient (Wildman–Crippen LogP) is 0.981. The van der Waals surface area contributed by atoms with E-state index < -0.39 is 15.9 Å². The number of nitrogens with two attached hydrogens (primary N) is 1. The van der Waals surface area contributed by atoms with E-state index in [0.29, 0.717) is 12.1 Å². The van der Waals surface area contributed by atoms with Crippen molar-refractivity contribution in [3.8, 4) is 0 Å². The summed E-state index contributed by atoms with van der Waals surface area (Å²) < 4.78 is 27.1. The van der Waals surface area contributed by atoms with Crippen LogP contribution in [0.4, 0.5) is 5.69 Å². The molecule has 0 aliphatic rings. The molecule has 0 fully saturated rings. The maximum absolute atomic E-state index is 12.3. The predicted molar refractivity (Wildman–Crippen MR) is 79.1 cm³/mol. The molecular weight excluding hydrogens is 292 g/mol. The van der Waals surface area contributed by atoms with Crippen molar-refractivity contribution >= 4 is 21.6 Å². The molecular formula is C13H16N4O3S. The van der Waals surface area contributed by atoms with Gasteiger partial charge in [0.25, 0.3) is 15.9 Å². The van der Waals surface area contributed by atoms with E-state index in [2.05, 4.69) is 9.71 Å². The van der Waals surface area contributed by atoms with Crippen molar-refractivity contribution in [2.24, 2.45) is 5.84 Å². The van der Waals surface area contributed by atoms with Crippen LogP contribution in [0.15, 0.2) is 41.4 Å². The van der Waals surface area contributed by atoms with Crippen LogP contribution >= 0.6 is 0 Å². The Balaban J connectivity index is 2.30. The van der Waals surface area contributed by atoms with E-state index >= 15 is 0 Å². The fraction of sp³-hybridized carbons (Fsp3) is 0.154. The molecule has 0 radical (unpaired) electrons. The number of anilines is 1. The smallest absolute Gasteiger partial charge is 0.281 e. The Labute approximate surface area is 122 Å². The zero-order valence-electron chi connectivity index (χ0n) is 11.4. The van der Waals surface area contributed by atoms with Crippen molar-refractivity contribution in [2.75, 3.05) is 4.72 Å². The molecule has 0 bridgehead atoms. The summed E-state index contributed by atoms with van der Waals surface area (Å²) in [6, 6.07) is 8.36. The highest BCUT2D eigenvalue weighted by atomic mass is 32.2. The number of hydrogen-bond acceptors (Lipinski definition) is 4. The molecule has 1 aromatic carbocycles. The number of carbonyl (C=O) groups is 1. The number of nitrogens with one attached hydrogen (secondary N) is 3. The number of nitrogen functional groups attached to an aromatic ring is 1. The van der Waals surface area contributed by atoms with Gasteiger partial charge in [0.05, 0.1) is 5.69 Å². The molecule has 0 saturated carbocycles. The van der Waals surface area contributed by atoms with E-state index in [1.165, 1.54) is 12.3 Å². The second kappa shape index (κ2) is 5.98. The Morgan fingerprint density at radius 1 is 1.33 bits per heavy atom. The Morgan fingerprint density at radius 2 is 2.05 bits per heavy atom. The van der Waals surface area contributed by atoms with Crippen LogP contribution in [0.2, 0.25) is 0 Å². The van der Waals surface area contributed by atoms with E-state index in [-0.39, 0.29) is 10.6 Å². The Hall–Kier alpha value is -2.32. The molecule has 2 aromatic rings. The number of benzene rings is 1. The van der Waals surface area contributed by atoms with Gasteiger partial charge in [0, 0.05) is 6.20 Å². The zero-order valence-corrected chi connectivity index (χ0v) is 12.2. The summed E-state index contributed by atoms with van der Waals surface area (Å²) in [5, 5.41) is 0. The summed E-state index contributed by atoms with van der Waals surface area (Å²) in [6.07, 6.45) is 1.94. The molecule has 2 rings (SSSR count). The van der Waals surface area contributed by atoms with Gasteiger partial charge in [-0.05, 0) is 24.1 Å². The summed E-state index contributed by atoms with van der Waals surface area (Å²) in [6.45, 7) is 1.94. The molecule has 0 aliphatic carbocycles. The lowest BCUT2D eigenvalue weighted by Crippen LogP contribution is -2.30. The van der Waals surface area contributed by atoms with Crippen LogP contribution in [0.5, 0.6) is 0 Å². The molecule has 112 valence electrons. The third kappa shape index (κ3) is 3.23. The summed E-state index contributed by atoms with van der Waals surface area (Å²) in [5.74, 6) is 4.41. The number of aromatic nitrogens is 1. The van der Waals surface area contributed by atoms with Gasteiger partial charge in [-0.25, -0.2) is 14.3 Å². The average Bonchev–Trinajstić information content (AvgIpc) is 2.97. The first kappa shape index (κ1) is 15.1. The molecule has 1 amide bonds. The summed E-state index contributed by atoms with van der Waals surface area (Å²) in [4.78, 5) is 13.9. The number of aryl methyl sites for hydroxylation is 1. The number of hydrogen-bond donors (Lipinski definition) is 4. The summed E-state index contributed by atoms with van der Waals surface area (Å²) >= 11 is 0. The van der Waals surface area contributed by atoms with E-state index in [0.717, 1.165) is 5.56 Å². The van der Waals surface area contributed by atoms with Crippen molar-refractivity contribution in [3.05, 3.63) is 47.8 Å². The minimum atomic E-state index is -3.77. The molecule has 0 unspecified atom stereocenters. The van der Waals surface area contributed by atoms with Crippen molar-refractivity contribution in [2.45, 2.75) is 18.2 Å². The Bertz CT molecular complexity index is 752. The SMILES string of the molecule is CCc1ccccc1NS(=O)(=O)c1c[nH]c(C(=O)NN)c1. The van der Waals surface area contributed by atoms with Gasteiger partial charge in [-0.15, -0.1) is 0 Å². The van der Waals surface area contributed by atoms with Gasteiger partial charge >= 0.3 is 0 Å². The topological polar surface area (TPSA) is 117 Å². The molecule has 7 nitrogen and oxygen atoms in total. The number of aromatic amines is 1. The summed E-state index contributed by atoms with van der Waals surface area (Å²) in [5.41, 5.74) is 3.40. The van der Waals surface area contributed by atoms with Crippen LogP contribution in [0.25, 0.3) is 0 Å². The molecule has 0 saturated heterocycles. The number of H-pyrrole nitrogens is 1. The van der Waals surface area contributed by atoms with Crippen molar-refractivity contribution in [1.82, 2.24) is 10.4 Å². The van der Waals surface area contributed by atoms with Gasteiger partial charge in [-0.2, -0.15) is 0 Å². The molecule has 0 atom stereocenters. The van der Waals surface area contributed by atoms with E-state index in [4.69, 9.17) is 5.84 Å². The van der Waals surface area contributed by atoms with E-state index in [9.17, 15) is 13.2 Å². The van der Waals surface area contributed by atoms with Crippen LogP contribution < -0.4 is 16.0 Å². The van der Waals surface area contributed by atoms with E-state index in [1.807, 2.05) is 24.5 Å². The van der Waals surface area contributed by atoms with Gasteiger partial charge in [0.15, 0.2) is 0 Å². The van der Waals surface area contributed by atoms with Crippen molar-refractivity contribution in [3.63, 3.8) is 0 Å². The number of carbonyl (C=O) groups excluding carboxylic acids is 1. The quantitative estimate of drug-likeness (QED) is 0.374. The monoisotopic (exact) mass is 308 g/mol. The van der Waals surface area contributed by atoms with Gasteiger partial charge in [-0.1, -0.05) is 25.1 Å². The van der Waals surface area contributed by atoms with Crippen LogP contribution in [0.3, 0.4) is 0 Å². The number of amides is 1. The van der Waals surface area contributed by atoms with Crippen LogP contribution in [0, 0.1) is 0 Å². The standard InChI is InChI=1S/C13H16N4O3S/c1-2-9-5-3-4-6-11(9)17-21(19,20)10-7-12(15-8-10)13(18)16-14/h3-8,15,17H,2,14H2,1H3,(H,16,18). The number of rotatable bonds is 5. The summed E-state index contributed by atoms with van der Waals surface area (Å²) in [7, 11) is -3.77. The van der Waals surface area contributed by atoms with E-state index in [1.54, 1.807) is 12.1 Å². The lowest BCUT2D eigenvalue weighted by atomic mass is 10.1. The molecule has 5 N–H and O–H groups in total. The van der Waals surface area contributed by atoms with Crippen LogP contribution in [0.1, 0.15) is 23.0 Å². The fourth-order valence-electron chi connectivity index (χ4n) is 1.87. The largest absolute Gasteiger partial charge is 0.356 e. The minimum Gasteiger partial charge on any atom is -0.356 e.